The Morgan fingerprint density at radius 2 is 2.05 bits per heavy atom. The lowest BCUT2D eigenvalue weighted by Crippen LogP contribution is -2.34. The van der Waals surface area contributed by atoms with Crippen LogP contribution in [0, 0.1) is 5.92 Å². The summed E-state index contributed by atoms with van der Waals surface area (Å²) in [6.07, 6.45) is -4.04. The molecule has 0 unspecified atom stereocenters. The van der Waals surface area contributed by atoms with Crippen molar-refractivity contribution < 1.29 is 18.0 Å². The first kappa shape index (κ1) is 16.6. The van der Waals surface area contributed by atoms with Crippen LogP contribution in [-0.4, -0.2) is 17.0 Å². The molecule has 1 N–H and O–H groups in total. The van der Waals surface area contributed by atoms with Gasteiger partial charge >= 0.3 is 6.18 Å². The van der Waals surface area contributed by atoms with Gasteiger partial charge in [0.15, 0.2) is 0 Å². The minimum absolute atomic E-state index is 0.195. The molecule has 0 aliphatic heterocycles. The first-order valence-corrected chi connectivity index (χ1v) is 6.23. The normalized spacial score (nSPS) is 11.8. The Hall–Kier alpha value is -1.50. The second-order valence-electron chi connectivity index (χ2n) is 4.71. The number of halogens is 4. The number of hydrogen-bond donors (Lipinski definition) is 1. The highest BCUT2D eigenvalue weighted by Crippen LogP contribution is 2.29. The Kier molecular flexibility index (Phi) is 5.21. The van der Waals surface area contributed by atoms with Crippen molar-refractivity contribution in [3.05, 3.63) is 33.2 Å². The topological polar surface area (TPSA) is 51.1 Å². The van der Waals surface area contributed by atoms with Gasteiger partial charge in [-0.3, -0.25) is 9.59 Å². The number of alkyl halides is 3. The van der Waals surface area contributed by atoms with Gasteiger partial charge in [0.2, 0.25) is 5.91 Å². The summed E-state index contributed by atoms with van der Waals surface area (Å²) in [5.74, 6) is -0.350. The van der Waals surface area contributed by atoms with Gasteiger partial charge in [0.1, 0.15) is 11.6 Å². The van der Waals surface area contributed by atoms with Crippen LogP contribution in [0.15, 0.2) is 17.1 Å². The van der Waals surface area contributed by atoms with Crippen molar-refractivity contribution in [3.63, 3.8) is 0 Å². The lowest BCUT2D eigenvalue weighted by atomic mass is 10.2. The Balaban J connectivity index is 2.98. The molecule has 8 heteroatoms. The molecule has 1 rings (SSSR count). The van der Waals surface area contributed by atoms with E-state index in [4.69, 9.17) is 11.6 Å². The van der Waals surface area contributed by atoms with Gasteiger partial charge in [0, 0.05) is 12.7 Å². The zero-order valence-corrected chi connectivity index (χ0v) is 11.7. The SMILES string of the molecule is CC(C)CNC(=O)Cn1cc(C(F)(F)F)cc(Cl)c1=O. The zero-order valence-electron chi connectivity index (χ0n) is 10.9. The lowest BCUT2D eigenvalue weighted by molar-refractivity contribution is -0.138. The molecule has 1 aromatic heterocycles. The second-order valence-corrected chi connectivity index (χ2v) is 5.11. The van der Waals surface area contributed by atoms with Crippen LogP contribution in [0.2, 0.25) is 5.02 Å². The number of hydrogen-bond acceptors (Lipinski definition) is 2. The number of carbonyl (C=O) groups is 1. The molecular formula is C12H14ClF3N2O2. The van der Waals surface area contributed by atoms with Crippen molar-refractivity contribution in [2.24, 2.45) is 5.92 Å². The Morgan fingerprint density at radius 3 is 2.55 bits per heavy atom. The van der Waals surface area contributed by atoms with Crippen molar-refractivity contribution in [1.82, 2.24) is 9.88 Å². The molecule has 20 heavy (non-hydrogen) atoms. The molecule has 0 aliphatic carbocycles. The summed E-state index contributed by atoms with van der Waals surface area (Å²) in [5, 5.41) is 1.94. The number of amides is 1. The maximum atomic E-state index is 12.6. The zero-order chi connectivity index (χ0) is 15.5. The molecule has 1 heterocycles. The van der Waals surface area contributed by atoms with Crippen LogP contribution in [0.1, 0.15) is 19.4 Å². The van der Waals surface area contributed by atoms with Crippen molar-refractivity contribution in [3.8, 4) is 0 Å². The molecule has 0 atom stereocenters. The Labute approximate surface area is 118 Å². The predicted molar refractivity (Wildman–Crippen MR) is 68.6 cm³/mol. The molecule has 0 fully saturated rings. The number of nitrogens with zero attached hydrogens (tertiary/aromatic N) is 1. The van der Waals surface area contributed by atoms with E-state index in [0.717, 1.165) is 0 Å². The third-order valence-electron chi connectivity index (χ3n) is 2.39. The van der Waals surface area contributed by atoms with E-state index in [9.17, 15) is 22.8 Å². The van der Waals surface area contributed by atoms with Gasteiger partial charge in [-0.05, 0) is 12.0 Å². The number of nitrogens with one attached hydrogen (secondary N) is 1. The first-order chi connectivity index (χ1) is 9.11. The van der Waals surface area contributed by atoms with E-state index in [-0.39, 0.29) is 5.92 Å². The molecule has 0 aromatic carbocycles. The number of rotatable bonds is 4. The standard InChI is InChI=1S/C12H14ClF3N2O2/c1-7(2)4-17-10(19)6-18-5-8(12(14,15)16)3-9(13)11(18)20/h3,5,7H,4,6H2,1-2H3,(H,17,19). The summed E-state index contributed by atoms with van der Waals surface area (Å²) in [6, 6.07) is 0.548. The highest BCUT2D eigenvalue weighted by molar-refractivity contribution is 6.30. The quantitative estimate of drug-likeness (QED) is 0.927. The average Bonchev–Trinajstić information content (AvgIpc) is 2.30. The van der Waals surface area contributed by atoms with Crippen LogP contribution in [0.3, 0.4) is 0 Å². The second kappa shape index (κ2) is 6.30. The molecule has 4 nitrogen and oxygen atoms in total. The van der Waals surface area contributed by atoms with Crippen LogP contribution in [0.25, 0.3) is 0 Å². The molecule has 0 aliphatic rings. The number of pyridine rings is 1. The number of aromatic nitrogens is 1. The largest absolute Gasteiger partial charge is 0.417 e. The lowest BCUT2D eigenvalue weighted by Gasteiger charge is -2.12. The van der Waals surface area contributed by atoms with Crippen LogP contribution < -0.4 is 10.9 Å². The van der Waals surface area contributed by atoms with Crippen LogP contribution >= 0.6 is 11.6 Å². The molecule has 0 bridgehead atoms. The van der Waals surface area contributed by atoms with Gasteiger partial charge in [0.25, 0.3) is 5.56 Å². The van der Waals surface area contributed by atoms with E-state index in [1.165, 1.54) is 0 Å². The predicted octanol–water partition coefficient (Wildman–Crippen LogP) is 2.29. The van der Waals surface area contributed by atoms with Crippen LogP contribution in [0.4, 0.5) is 13.2 Å². The van der Waals surface area contributed by atoms with E-state index >= 15 is 0 Å². The third-order valence-corrected chi connectivity index (χ3v) is 2.66. The molecule has 0 radical (unpaired) electrons. The summed E-state index contributed by atoms with van der Waals surface area (Å²) >= 11 is 5.47. The molecular weight excluding hydrogens is 297 g/mol. The van der Waals surface area contributed by atoms with Gasteiger partial charge in [-0.25, -0.2) is 0 Å². The van der Waals surface area contributed by atoms with Gasteiger partial charge in [0.05, 0.1) is 5.56 Å². The fourth-order valence-electron chi connectivity index (χ4n) is 1.40. The summed E-state index contributed by atoms with van der Waals surface area (Å²) in [6.45, 7) is 3.61. The van der Waals surface area contributed by atoms with E-state index < -0.39 is 34.8 Å². The van der Waals surface area contributed by atoms with Crippen molar-refractivity contribution in [2.75, 3.05) is 6.54 Å². The Bertz CT molecular complexity index is 553. The molecule has 1 aromatic rings. The minimum atomic E-state index is -4.63. The molecule has 112 valence electrons. The van der Waals surface area contributed by atoms with Gasteiger partial charge in [-0.15, -0.1) is 0 Å². The molecule has 0 saturated heterocycles. The smallest absolute Gasteiger partial charge is 0.354 e. The highest BCUT2D eigenvalue weighted by Gasteiger charge is 2.32. The van der Waals surface area contributed by atoms with Crippen LogP contribution in [-0.2, 0) is 17.5 Å². The van der Waals surface area contributed by atoms with E-state index in [0.29, 0.717) is 23.4 Å². The highest BCUT2D eigenvalue weighted by atomic mass is 35.5. The van der Waals surface area contributed by atoms with Gasteiger partial charge in [-0.2, -0.15) is 13.2 Å². The molecule has 0 saturated carbocycles. The fraction of sp³-hybridized carbons (Fsp3) is 0.500. The Morgan fingerprint density at radius 1 is 1.45 bits per heavy atom. The summed E-state index contributed by atoms with van der Waals surface area (Å²) < 4.78 is 38.4. The van der Waals surface area contributed by atoms with Crippen molar-refractivity contribution in [2.45, 2.75) is 26.6 Å². The third kappa shape index (κ3) is 4.56. The van der Waals surface area contributed by atoms with Crippen molar-refractivity contribution >= 4 is 17.5 Å². The number of carbonyl (C=O) groups excluding carboxylic acids is 1. The molecule has 0 spiro atoms. The maximum Gasteiger partial charge on any atom is 0.417 e. The van der Waals surface area contributed by atoms with E-state index in [2.05, 4.69) is 5.32 Å². The first-order valence-electron chi connectivity index (χ1n) is 5.85. The van der Waals surface area contributed by atoms with Gasteiger partial charge in [-0.1, -0.05) is 25.4 Å². The molecule has 1 amide bonds. The minimum Gasteiger partial charge on any atom is -0.354 e. The van der Waals surface area contributed by atoms with Crippen LogP contribution in [0.5, 0.6) is 0 Å². The van der Waals surface area contributed by atoms with E-state index in [1.54, 1.807) is 0 Å². The summed E-state index contributed by atoms with van der Waals surface area (Å²) in [7, 11) is 0. The maximum absolute atomic E-state index is 12.6. The van der Waals surface area contributed by atoms with Gasteiger partial charge < -0.3 is 9.88 Å². The average molecular weight is 311 g/mol. The monoisotopic (exact) mass is 310 g/mol. The fourth-order valence-corrected chi connectivity index (χ4v) is 1.63. The van der Waals surface area contributed by atoms with Crippen molar-refractivity contribution in [1.29, 1.82) is 0 Å². The van der Waals surface area contributed by atoms with E-state index in [1.807, 2.05) is 13.8 Å². The summed E-state index contributed by atoms with van der Waals surface area (Å²) in [4.78, 5) is 23.2. The summed E-state index contributed by atoms with van der Waals surface area (Å²) in [5.41, 5.74) is -1.90.